The zero-order chi connectivity index (χ0) is 16.5. The van der Waals surface area contributed by atoms with Gasteiger partial charge in [0.2, 0.25) is 5.89 Å². The van der Waals surface area contributed by atoms with Crippen LogP contribution in [0.1, 0.15) is 24.6 Å². The third-order valence-corrected chi connectivity index (χ3v) is 4.24. The van der Waals surface area contributed by atoms with Crippen LogP contribution in [0.15, 0.2) is 53.3 Å². The van der Waals surface area contributed by atoms with Gasteiger partial charge in [-0.3, -0.25) is 0 Å². The number of rotatable bonds is 4. The quantitative estimate of drug-likeness (QED) is 0.566. The lowest BCUT2D eigenvalue weighted by Gasteiger charge is -2.07. The molecule has 0 radical (unpaired) electrons. The van der Waals surface area contributed by atoms with Crippen molar-refractivity contribution in [2.75, 3.05) is 0 Å². The molecule has 4 rings (SSSR count). The van der Waals surface area contributed by atoms with Crippen LogP contribution >= 0.6 is 0 Å². The van der Waals surface area contributed by atoms with E-state index in [1.165, 1.54) is 11.3 Å². The number of nitrogens with one attached hydrogen (secondary N) is 1. The van der Waals surface area contributed by atoms with E-state index in [-0.39, 0.29) is 0 Å². The number of hydrogen-bond acceptors (Lipinski definition) is 3. The van der Waals surface area contributed by atoms with Crippen LogP contribution in [-0.4, -0.2) is 15.0 Å². The first kappa shape index (κ1) is 14.7. The summed E-state index contributed by atoms with van der Waals surface area (Å²) in [5.41, 5.74) is 7.55. The second kappa shape index (κ2) is 5.96. The lowest BCUT2D eigenvalue weighted by atomic mass is 10.0. The van der Waals surface area contributed by atoms with Gasteiger partial charge in [0, 0.05) is 16.8 Å². The van der Waals surface area contributed by atoms with Crippen molar-refractivity contribution in [2.45, 2.75) is 26.7 Å². The van der Waals surface area contributed by atoms with Crippen LogP contribution in [0.25, 0.3) is 33.7 Å². The van der Waals surface area contributed by atoms with E-state index in [0.717, 1.165) is 40.7 Å². The zero-order valence-electron chi connectivity index (χ0n) is 13.8. The van der Waals surface area contributed by atoms with Crippen molar-refractivity contribution >= 4 is 11.0 Å². The molecule has 1 N–H and O–H groups in total. The molecule has 0 aliphatic rings. The predicted octanol–water partition coefficient (Wildman–Crippen LogP) is 5.15. The summed E-state index contributed by atoms with van der Waals surface area (Å²) >= 11 is 0. The monoisotopic (exact) mass is 317 g/mol. The summed E-state index contributed by atoms with van der Waals surface area (Å²) in [6.45, 7) is 4.28. The number of nitrogens with zero attached hydrogens (tertiary/aromatic N) is 2. The van der Waals surface area contributed by atoms with E-state index in [2.05, 4.69) is 54.1 Å². The van der Waals surface area contributed by atoms with Crippen molar-refractivity contribution in [1.82, 2.24) is 15.0 Å². The van der Waals surface area contributed by atoms with Crippen LogP contribution in [-0.2, 0) is 6.42 Å². The standard InChI is InChI=1S/C20H19N3O/c1-3-4-15-12-19-18(22-15)8-7-17(23-19)16-11-14(6-5-13(16)2)20-21-9-10-24-20/h5-12,22H,3-4H2,1-2H3. The number of aromatic nitrogens is 3. The van der Waals surface area contributed by atoms with Gasteiger partial charge in [0.05, 0.1) is 22.9 Å². The number of H-pyrrole nitrogens is 1. The molecule has 1 aromatic carbocycles. The van der Waals surface area contributed by atoms with E-state index >= 15 is 0 Å². The Hall–Kier alpha value is -2.88. The third kappa shape index (κ3) is 2.60. The number of oxazole rings is 1. The number of benzene rings is 1. The molecule has 3 aromatic heterocycles. The van der Waals surface area contributed by atoms with Gasteiger partial charge in [0.1, 0.15) is 6.26 Å². The second-order valence-electron chi connectivity index (χ2n) is 6.04. The molecule has 4 aromatic rings. The summed E-state index contributed by atoms with van der Waals surface area (Å²) < 4.78 is 5.41. The Morgan fingerprint density at radius 2 is 2.04 bits per heavy atom. The maximum absolute atomic E-state index is 5.41. The highest BCUT2D eigenvalue weighted by Gasteiger charge is 2.10. The molecular weight excluding hydrogens is 298 g/mol. The lowest BCUT2D eigenvalue weighted by molar-refractivity contribution is 0.574. The molecule has 4 heteroatoms. The van der Waals surface area contributed by atoms with Crippen molar-refractivity contribution in [3.63, 3.8) is 0 Å². The molecule has 3 heterocycles. The first-order valence-corrected chi connectivity index (χ1v) is 8.24. The zero-order valence-corrected chi connectivity index (χ0v) is 13.8. The van der Waals surface area contributed by atoms with Gasteiger partial charge in [-0.2, -0.15) is 0 Å². The van der Waals surface area contributed by atoms with Crippen LogP contribution in [0.5, 0.6) is 0 Å². The van der Waals surface area contributed by atoms with E-state index in [1.807, 2.05) is 6.07 Å². The normalized spacial score (nSPS) is 11.2. The fraction of sp³-hybridized carbons (Fsp3) is 0.200. The van der Waals surface area contributed by atoms with Gasteiger partial charge in [-0.25, -0.2) is 9.97 Å². The molecule has 0 spiro atoms. The molecule has 0 saturated heterocycles. The number of pyridine rings is 1. The van der Waals surface area contributed by atoms with Crippen molar-refractivity contribution in [2.24, 2.45) is 0 Å². The van der Waals surface area contributed by atoms with E-state index in [1.54, 1.807) is 12.5 Å². The first-order valence-electron chi connectivity index (χ1n) is 8.24. The molecule has 0 aliphatic heterocycles. The minimum atomic E-state index is 0.629. The average molecular weight is 317 g/mol. The Morgan fingerprint density at radius 1 is 1.12 bits per heavy atom. The minimum absolute atomic E-state index is 0.629. The number of hydrogen-bond donors (Lipinski definition) is 1. The maximum Gasteiger partial charge on any atom is 0.225 e. The topological polar surface area (TPSA) is 54.7 Å². The molecule has 24 heavy (non-hydrogen) atoms. The summed E-state index contributed by atoms with van der Waals surface area (Å²) in [6, 6.07) is 12.5. The SMILES string of the molecule is CCCc1cc2nc(-c3cc(-c4ncco4)ccc3C)ccc2[nH]1. The van der Waals surface area contributed by atoms with Gasteiger partial charge >= 0.3 is 0 Å². The highest BCUT2D eigenvalue weighted by atomic mass is 16.3. The van der Waals surface area contributed by atoms with E-state index in [4.69, 9.17) is 9.40 Å². The predicted molar refractivity (Wildman–Crippen MR) is 95.8 cm³/mol. The summed E-state index contributed by atoms with van der Waals surface area (Å²) in [7, 11) is 0. The molecule has 0 bridgehead atoms. The molecule has 0 amide bonds. The van der Waals surface area contributed by atoms with Crippen LogP contribution in [0, 0.1) is 6.92 Å². The smallest absolute Gasteiger partial charge is 0.225 e. The maximum atomic E-state index is 5.41. The Kier molecular flexibility index (Phi) is 3.65. The van der Waals surface area contributed by atoms with Gasteiger partial charge in [-0.1, -0.05) is 19.4 Å². The van der Waals surface area contributed by atoms with E-state index in [0.29, 0.717) is 5.89 Å². The Labute approximate surface area is 140 Å². The molecule has 0 fully saturated rings. The number of aryl methyl sites for hydroxylation is 2. The van der Waals surface area contributed by atoms with Crippen molar-refractivity contribution in [1.29, 1.82) is 0 Å². The summed E-state index contributed by atoms with van der Waals surface area (Å²) in [6.07, 6.45) is 5.42. The van der Waals surface area contributed by atoms with Crippen LogP contribution < -0.4 is 0 Å². The lowest BCUT2D eigenvalue weighted by Crippen LogP contribution is -1.89. The van der Waals surface area contributed by atoms with Gasteiger partial charge in [-0.15, -0.1) is 0 Å². The summed E-state index contributed by atoms with van der Waals surface area (Å²) in [4.78, 5) is 12.5. The molecule has 0 saturated carbocycles. The second-order valence-corrected chi connectivity index (χ2v) is 6.04. The Bertz CT molecular complexity index is 983. The van der Waals surface area contributed by atoms with Crippen molar-refractivity contribution < 1.29 is 4.42 Å². The highest BCUT2D eigenvalue weighted by molar-refractivity contribution is 5.81. The third-order valence-electron chi connectivity index (χ3n) is 4.24. The van der Waals surface area contributed by atoms with Gasteiger partial charge in [0.25, 0.3) is 0 Å². The number of fused-ring (bicyclic) bond motifs is 1. The fourth-order valence-electron chi connectivity index (χ4n) is 3.02. The summed E-state index contributed by atoms with van der Waals surface area (Å²) in [5, 5.41) is 0. The first-order chi connectivity index (χ1) is 11.7. The largest absolute Gasteiger partial charge is 0.445 e. The molecule has 0 unspecified atom stereocenters. The Balaban J connectivity index is 1.80. The van der Waals surface area contributed by atoms with Crippen LogP contribution in [0.3, 0.4) is 0 Å². The van der Waals surface area contributed by atoms with Crippen molar-refractivity contribution in [3.8, 4) is 22.7 Å². The molecule has 4 nitrogen and oxygen atoms in total. The highest BCUT2D eigenvalue weighted by Crippen LogP contribution is 2.29. The molecular formula is C20H19N3O. The molecule has 120 valence electrons. The average Bonchev–Trinajstić information content (AvgIpc) is 3.24. The molecule has 0 aliphatic carbocycles. The molecule has 0 atom stereocenters. The van der Waals surface area contributed by atoms with Crippen molar-refractivity contribution in [3.05, 3.63) is 60.1 Å². The minimum Gasteiger partial charge on any atom is -0.445 e. The number of aromatic amines is 1. The van der Waals surface area contributed by atoms with Gasteiger partial charge < -0.3 is 9.40 Å². The fourth-order valence-corrected chi connectivity index (χ4v) is 3.02. The van der Waals surface area contributed by atoms with E-state index in [9.17, 15) is 0 Å². The van der Waals surface area contributed by atoms with Crippen LogP contribution in [0.4, 0.5) is 0 Å². The Morgan fingerprint density at radius 3 is 2.83 bits per heavy atom. The van der Waals surface area contributed by atoms with E-state index < -0.39 is 0 Å². The summed E-state index contributed by atoms with van der Waals surface area (Å²) in [5.74, 6) is 0.629. The van der Waals surface area contributed by atoms with Crippen LogP contribution in [0.2, 0.25) is 0 Å². The van der Waals surface area contributed by atoms with Gasteiger partial charge in [0.15, 0.2) is 0 Å². The van der Waals surface area contributed by atoms with Gasteiger partial charge in [-0.05, 0) is 49.2 Å².